The Morgan fingerprint density at radius 2 is 2.00 bits per heavy atom. The van der Waals surface area contributed by atoms with E-state index in [1.165, 1.54) is 7.05 Å². The number of hydrogen-bond donors (Lipinski definition) is 2. The summed E-state index contributed by atoms with van der Waals surface area (Å²) in [5, 5.41) is 3.53. The number of halogens is 2. The summed E-state index contributed by atoms with van der Waals surface area (Å²) in [5.74, 6) is -0.231. The molecule has 0 aliphatic heterocycles. The molecule has 1 atom stereocenters. The van der Waals surface area contributed by atoms with Crippen molar-refractivity contribution in [2.45, 2.75) is 12.5 Å². The molecule has 5 heteroatoms. The van der Waals surface area contributed by atoms with Crippen molar-refractivity contribution in [2.75, 3.05) is 7.05 Å². The minimum atomic E-state index is -0.632. The molecule has 3 N–H and O–H groups in total. The number of benzene rings is 1. The number of carbonyl (C=O) groups is 1. The van der Waals surface area contributed by atoms with Gasteiger partial charge in [-0.25, -0.2) is 0 Å². The van der Waals surface area contributed by atoms with Gasteiger partial charge in [0, 0.05) is 17.1 Å². The Balaban J connectivity index is 2.85. The number of rotatable bonds is 3. The van der Waals surface area contributed by atoms with Gasteiger partial charge in [-0.1, -0.05) is 29.3 Å². The zero-order valence-electron chi connectivity index (χ0n) is 8.26. The summed E-state index contributed by atoms with van der Waals surface area (Å²) in [5.41, 5.74) is 6.37. The first-order valence-corrected chi connectivity index (χ1v) is 5.22. The van der Waals surface area contributed by atoms with Crippen LogP contribution < -0.4 is 11.1 Å². The van der Waals surface area contributed by atoms with E-state index in [1.807, 2.05) is 0 Å². The summed E-state index contributed by atoms with van der Waals surface area (Å²) in [4.78, 5) is 11.2. The van der Waals surface area contributed by atoms with E-state index in [2.05, 4.69) is 5.32 Å². The van der Waals surface area contributed by atoms with Crippen molar-refractivity contribution < 1.29 is 4.79 Å². The van der Waals surface area contributed by atoms with Crippen molar-refractivity contribution in [2.24, 2.45) is 5.73 Å². The van der Waals surface area contributed by atoms with Crippen molar-refractivity contribution >= 4 is 29.1 Å². The van der Waals surface area contributed by atoms with Crippen LogP contribution in [-0.2, 0) is 11.2 Å². The number of hydrogen-bond acceptors (Lipinski definition) is 2. The molecule has 0 unspecified atom stereocenters. The molecule has 0 aliphatic carbocycles. The van der Waals surface area contributed by atoms with Gasteiger partial charge in [-0.05, 0) is 24.1 Å². The Hall–Kier alpha value is -0.770. The second-order valence-corrected chi connectivity index (χ2v) is 3.94. The molecule has 1 aromatic carbocycles. The number of nitrogens with two attached hydrogens (primary N) is 1. The highest BCUT2D eigenvalue weighted by atomic mass is 35.5. The van der Waals surface area contributed by atoms with Crippen molar-refractivity contribution in [3.8, 4) is 0 Å². The van der Waals surface area contributed by atoms with Gasteiger partial charge in [-0.15, -0.1) is 0 Å². The molecule has 0 spiro atoms. The Morgan fingerprint density at radius 1 is 1.47 bits per heavy atom. The van der Waals surface area contributed by atoms with Crippen LogP contribution in [0, 0.1) is 0 Å². The van der Waals surface area contributed by atoms with Crippen LogP contribution in [0.5, 0.6) is 0 Å². The van der Waals surface area contributed by atoms with Gasteiger partial charge >= 0.3 is 0 Å². The van der Waals surface area contributed by atoms with Gasteiger partial charge < -0.3 is 11.1 Å². The Labute approximate surface area is 98.5 Å². The lowest BCUT2D eigenvalue weighted by molar-refractivity contribution is -0.121. The molecule has 0 heterocycles. The lowest BCUT2D eigenvalue weighted by Crippen LogP contribution is -2.40. The number of nitrogens with one attached hydrogen (secondary N) is 1. The van der Waals surface area contributed by atoms with E-state index < -0.39 is 6.04 Å². The van der Waals surface area contributed by atoms with Crippen molar-refractivity contribution in [1.29, 1.82) is 0 Å². The maximum Gasteiger partial charge on any atom is 0.237 e. The van der Waals surface area contributed by atoms with Crippen molar-refractivity contribution in [1.82, 2.24) is 5.32 Å². The molecular weight excluding hydrogens is 235 g/mol. The molecule has 1 aromatic rings. The van der Waals surface area contributed by atoms with Crippen molar-refractivity contribution in [3.05, 3.63) is 33.8 Å². The largest absolute Gasteiger partial charge is 0.358 e. The standard InChI is InChI=1S/C10H12Cl2N2O/c1-14-10(15)9(13)5-6-7(11)3-2-4-8(6)12/h2-4,9H,5,13H2,1H3,(H,14,15)/t9-/m0/s1. The van der Waals surface area contributed by atoms with Gasteiger partial charge in [0.25, 0.3) is 0 Å². The average Bonchev–Trinajstić information content (AvgIpc) is 2.22. The van der Waals surface area contributed by atoms with Crippen LogP contribution in [0.3, 0.4) is 0 Å². The quantitative estimate of drug-likeness (QED) is 0.852. The van der Waals surface area contributed by atoms with Crippen LogP contribution in [0.2, 0.25) is 10.0 Å². The minimum absolute atomic E-state index is 0.231. The average molecular weight is 247 g/mol. The molecule has 0 bridgehead atoms. The second-order valence-electron chi connectivity index (χ2n) is 3.13. The highest BCUT2D eigenvalue weighted by Gasteiger charge is 2.15. The van der Waals surface area contributed by atoms with Gasteiger partial charge in [0.2, 0.25) is 5.91 Å². The monoisotopic (exact) mass is 246 g/mol. The van der Waals surface area contributed by atoms with E-state index in [0.29, 0.717) is 22.0 Å². The first-order chi connectivity index (χ1) is 7.06. The van der Waals surface area contributed by atoms with Crippen LogP contribution in [0.1, 0.15) is 5.56 Å². The fourth-order valence-corrected chi connectivity index (χ4v) is 1.78. The summed E-state index contributed by atoms with van der Waals surface area (Å²) in [7, 11) is 1.54. The SMILES string of the molecule is CNC(=O)[C@@H](N)Cc1c(Cl)cccc1Cl. The smallest absolute Gasteiger partial charge is 0.237 e. The normalized spacial score (nSPS) is 12.3. The van der Waals surface area contributed by atoms with E-state index in [4.69, 9.17) is 28.9 Å². The maximum absolute atomic E-state index is 11.2. The van der Waals surface area contributed by atoms with Crippen LogP contribution in [0.25, 0.3) is 0 Å². The highest BCUT2D eigenvalue weighted by Crippen LogP contribution is 2.25. The van der Waals surface area contributed by atoms with Crippen LogP contribution in [0.4, 0.5) is 0 Å². The summed E-state index contributed by atoms with van der Waals surface area (Å²) in [6.07, 6.45) is 0.332. The molecule has 3 nitrogen and oxygen atoms in total. The minimum Gasteiger partial charge on any atom is -0.358 e. The summed E-state index contributed by atoms with van der Waals surface area (Å²) in [6.45, 7) is 0. The third-order valence-corrected chi connectivity index (χ3v) is 2.78. The van der Waals surface area contributed by atoms with Gasteiger partial charge in [0.05, 0.1) is 6.04 Å². The third kappa shape index (κ3) is 3.09. The van der Waals surface area contributed by atoms with Gasteiger partial charge in [0.15, 0.2) is 0 Å². The third-order valence-electron chi connectivity index (χ3n) is 2.07. The Kier molecular flexibility index (Phi) is 4.39. The van der Waals surface area contributed by atoms with Gasteiger partial charge in [0.1, 0.15) is 0 Å². The topological polar surface area (TPSA) is 55.1 Å². The van der Waals surface area contributed by atoms with E-state index in [9.17, 15) is 4.79 Å². The molecule has 0 saturated heterocycles. The zero-order chi connectivity index (χ0) is 11.4. The maximum atomic E-state index is 11.2. The second kappa shape index (κ2) is 5.35. The Bertz CT molecular complexity index is 348. The molecule has 0 radical (unpaired) electrons. The van der Waals surface area contributed by atoms with Crippen LogP contribution in [-0.4, -0.2) is 19.0 Å². The molecule has 1 amide bonds. The molecule has 0 fully saturated rings. The van der Waals surface area contributed by atoms with E-state index >= 15 is 0 Å². The number of likely N-dealkylation sites (N-methyl/N-ethyl adjacent to an activating group) is 1. The van der Waals surface area contributed by atoms with E-state index in [-0.39, 0.29) is 5.91 Å². The first-order valence-electron chi connectivity index (χ1n) is 4.46. The molecule has 0 saturated carbocycles. The number of carbonyl (C=O) groups excluding carboxylic acids is 1. The predicted octanol–water partition coefficient (Wildman–Crippen LogP) is 1.61. The van der Waals surface area contributed by atoms with Gasteiger partial charge in [-0.2, -0.15) is 0 Å². The lowest BCUT2D eigenvalue weighted by Gasteiger charge is -2.12. The molecule has 15 heavy (non-hydrogen) atoms. The fraction of sp³-hybridized carbons (Fsp3) is 0.300. The predicted molar refractivity (Wildman–Crippen MR) is 62.2 cm³/mol. The lowest BCUT2D eigenvalue weighted by atomic mass is 10.1. The Morgan fingerprint density at radius 3 is 2.47 bits per heavy atom. The highest BCUT2D eigenvalue weighted by molar-refractivity contribution is 6.36. The molecule has 1 rings (SSSR count). The first kappa shape index (κ1) is 12.3. The van der Waals surface area contributed by atoms with Crippen LogP contribution in [0.15, 0.2) is 18.2 Å². The fourth-order valence-electron chi connectivity index (χ4n) is 1.23. The zero-order valence-corrected chi connectivity index (χ0v) is 9.77. The van der Waals surface area contributed by atoms with Crippen molar-refractivity contribution in [3.63, 3.8) is 0 Å². The molecular formula is C10H12Cl2N2O. The summed E-state index contributed by atoms with van der Waals surface area (Å²) in [6, 6.07) is 4.56. The van der Waals surface area contributed by atoms with Crippen LogP contribution >= 0.6 is 23.2 Å². The van der Waals surface area contributed by atoms with E-state index in [0.717, 1.165) is 0 Å². The molecule has 0 aliphatic rings. The summed E-state index contributed by atoms with van der Waals surface area (Å²) >= 11 is 11.9. The van der Waals surface area contributed by atoms with Gasteiger partial charge in [-0.3, -0.25) is 4.79 Å². The molecule has 82 valence electrons. The van der Waals surface area contributed by atoms with E-state index in [1.54, 1.807) is 18.2 Å². The summed E-state index contributed by atoms with van der Waals surface area (Å²) < 4.78 is 0. The number of amides is 1. The molecule has 0 aromatic heterocycles.